The van der Waals surface area contributed by atoms with Crippen molar-refractivity contribution in [2.75, 3.05) is 19.3 Å². The summed E-state index contributed by atoms with van der Waals surface area (Å²) in [5.74, 6) is 0.00612. The number of carbonyl (C=O) groups excluding carboxylic acids is 1. The monoisotopic (exact) mass is 374 g/mol. The Balaban J connectivity index is 2.02. The van der Waals surface area contributed by atoms with Crippen molar-refractivity contribution in [1.29, 1.82) is 0 Å². The summed E-state index contributed by atoms with van der Waals surface area (Å²) in [6.07, 6.45) is 2.45. The summed E-state index contributed by atoms with van der Waals surface area (Å²) in [5, 5.41) is 0. The van der Waals surface area contributed by atoms with Crippen molar-refractivity contribution in [2.24, 2.45) is 0 Å². The molecule has 1 aromatic carbocycles. The summed E-state index contributed by atoms with van der Waals surface area (Å²) in [6, 6.07) is 5.51. The zero-order valence-electron chi connectivity index (χ0n) is 12.1. The smallest absolute Gasteiger partial charge is 0.254 e. The maximum atomic E-state index is 12.5. The molecule has 1 aliphatic rings. The second kappa shape index (κ2) is 6.46. The van der Waals surface area contributed by atoms with Crippen LogP contribution in [0.2, 0.25) is 0 Å². The zero-order chi connectivity index (χ0) is 15.6. The van der Waals surface area contributed by atoms with Gasteiger partial charge in [-0.05, 0) is 37.5 Å². The van der Waals surface area contributed by atoms with E-state index in [9.17, 15) is 13.2 Å². The van der Waals surface area contributed by atoms with Gasteiger partial charge in [-0.15, -0.1) is 0 Å². The van der Waals surface area contributed by atoms with Crippen LogP contribution in [0.25, 0.3) is 0 Å². The van der Waals surface area contributed by atoms with Crippen molar-refractivity contribution in [2.45, 2.75) is 25.8 Å². The van der Waals surface area contributed by atoms with E-state index in [1.165, 1.54) is 0 Å². The van der Waals surface area contributed by atoms with Gasteiger partial charge in [-0.2, -0.15) is 0 Å². The summed E-state index contributed by atoms with van der Waals surface area (Å²) in [5.41, 5.74) is 1.62. The standard InChI is InChI=1S/C14H19BrN2O3S/c1-10-12(4-3-5-13(10)15)14(18)17-8-6-11(7-9-17)16-21(2,19)20/h3-5,11,16H,6-9H2,1-2H3. The van der Waals surface area contributed by atoms with Gasteiger partial charge < -0.3 is 4.90 Å². The molecule has 1 heterocycles. The average Bonchev–Trinajstić information content (AvgIpc) is 2.40. The third-order valence-electron chi connectivity index (χ3n) is 3.66. The molecule has 116 valence electrons. The molecule has 0 radical (unpaired) electrons. The van der Waals surface area contributed by atoms with Crippen LogP contribution in [0.3, 0.4) is 0 Å². The van der Waals surface area contributed by atoms with E-state index in [0.29, 0.717) is 31.5 Å². The highest BCUT2D eigenvalue weighted by Gasteiger charge is 2.26. The molecule has 5 nitrogen and oxygen atoms in total. The first-order valence-electron chi connectivity index (χ1n) is 6.79. The van der Waals surface area contributed by atoms with Gasteiger partial charge >= 0.3 is 0 Å². The minimum absolute atomic E-state index is 0.00612. The molecule has 1 N–H and O–H groups in total. The fraction of sp³-hybridized carbons (Fsp3) is 0.500. The quantitative estimate of drug-likeness (QED) is 0.878. The lowest BCUT2D eigenvalue weighted by atomic mass is 10.0. The number of nitrogens with zero attached hydrogens (tertiary/aromatic N) is 1. The fourth-order valence-corrected chi connectivity index (χ4v) is 3.72. The molecule has 1 fully saturated rings. The van der Waals surface area contributed by atoms with Gasteiger partial charge in [-0.25, -0.2) is 13.1 Å². The maximum absolute atomic E-state index is 12.5. The molecule has 2 rings (SSSR count). The molecule has 0 unspecified atom stereocenters. The molecule has 1 amide bonds. The van der Waals surface area contributed by atoms with Crippen molar-refractivity contribution in [1.82, 2.24) is 9.62 Å². The topological polar surface area (TPSA) is 66.5 Å². The first-order valence-corrected chi connectivity index (χ1v) is 9.48. The Morgan fingerprint density at radius 2 is 1.95 bits per heavy atom. The summed E-state index contributed by atoms with van der Waals surface area (Å²) in [6.45, 7) is 3.05. The molecule has 21 heavy (non-hydrogen) atoms. The Labute approximate surface area is 133 Å². The molecule has 0 saturated carbocycles. The number of hydrogen-bond donors (Lipinski definition) is 1. The van der Waals surface area contributed by atoms with Crippen LogP contribution in [0, 0.1) is 6.92 Å². The van der Waals surface area contributed by atoms with Crippen LogP contribution in [0.5, 0.6) is 0 Å². The molecular formula is C14H19BrN2O3S. The molecule has 0 bridgehead atoms. The van der Waals surface area contributed by atoms with Gasteiger partial charge in [0.1, 0.15) is 0 Å². The SMILES string of the molecule is Cc1c(Br)cccc1C(=O)N1CCC(NS(C)(=O)=O)CC1. The minimum Gasteiger partial charge on any atom is -0.339 e. The van der Waals surface area contributed by atoms with Gasteiger partial charge in [0, 0.05) is 29.2 Å². The summed E-state index contributed by atoms with van der Waals surface area (Å²) < 4.78 is 26.0. The van der Waals surface area contributed by atoms with Gasteiger partial charge in [-0.3, -0.25) is 4.79 Å². The van der Waals surface area contributed by atoms with Gasteiger partial charge in [0.25, 0.3) is 5.91 Å². The normalized spacial score (nSPS) is 17.0. The number of piperidine rings is 1. The van der Waals surface area contributed by atoms with Crippen LogP contribution in [0.1, 0.15) is 28.8 Å². The van der Waals surface area contributed by atoms with E-state index in [1.807, 2.05) is 25.1 Å². The van der Waals surface area contributed by atoms with Gasteiger partial charge in [0.15, 0.2) is 0 Å². The van der Waals surface area contributed by atoms with Crippen LogP contribution < -0.4 is 4.72 Å². The molecular weight excluding hydrogens is 356 g/mol. The average molecular weight is 375 g/mol. The molecule has 0 aliphatic carbocycles. The van der Waals surface area contributed by atoms with E-state index < -0.39 is 10.0 Å². The Morgan fingerprint density at radius 3 is 2.52 bits per heavy atom. The Bertz CT molecular complexity index is 638. The number of halogens is 1. The first kappa shape index (κ1) is 16.5. The fourth-order valence-electron chi connectivity index (χ4n) is 2.51. The lowest BCUT2D eigenvalue weighted by molar-refractivity contribution is 0.0710. The van der Waals surface area contributed by atoms with Crippen molar-refractivity contribution < 1.29 is 13.2 Å². The largest absolute Gasteiger partial charge is 0.339 e. The van der Waals surface area contributed by atoms with Crippen LogP contribution in [0.15, 0.2) is 22.7 Å². The second-order valence-corrected chi connectivity index (χ2v) is 8.00. The van der Waals surface area contributed by atoms with E-state index in [-0.39, 0.29) is 11.9 Å². The Hall–Kier alpha value is -0.920. The van der Waals surface area contributed by atoms with E-state index in [2.05, 4.69) is 20.7 Å². The zero-order valence-corrected chi connectivity index (χ0v) is 14.5. The van der Waals surface area contributed by atoms with E-state index in [1.54, 1.807) is 4.90 Å². The molecule has 0 aromatic heterocycles. The third-order valence-corrected chi connectivity index (χ3v) is 5.28. The van der Waals surface area contributed by atoms with E-state index >= 15 is 0 Å². The highest BCUT2D eigenvalue weighted by Crippen LogP contribution is 2.22. The number of amides is 1. The number of carbonyl (C=O) groups is 1. The Morgan fingerprint density at radius 1 is 1.33 bits per heavy atom. The molecule has 0 spiro atoms. The number of benzene rings is 1. The second-order valence-electron chi connectivity index (χ2n) is 5.37. The highest BCUT2D eigenvalue weighted by molar-refractivity contribution is 9.10. The van der Waals surface area contributed by atoms with Gasteiger partial charge in [0.05, 0.1) is 6.26 Å². The van der Waals surface area contributed by atoms with Crippen LogP contribution in [0.4, 0.5) is 0 Å². The molecule has 1 aliphatic heterocycles. The highest BCUT2D eigenvalue weighted by atomic mass is 79.9. The summed E-state index contributed by atoms with van der Waals surface area (Å²) in [4.78, 5) is 14.3. The van der Waals surface area contributed by atoms with E-state index in [0.717, 1.165) is 16.3 Å². The number of rotatable bonds is 3. The lowest BCUT2D eigenvalue weighted by Gasteiger charge is -2.32. The number of hydrogen-bond acceptors (Lipinski definition) is 3. The van der Waals surface area contributed by atoms with Crippen molar-refractivity contribution in [3.8, 4) is 0 Å². The first-order chi connectivity index (χ1) is 9.78. The van der Waals surface area contributed by atoms with Crippen LogP contribution in [-0.4, -0.2) is 44.6 Å². The predicted molar refractivity (Wildman–Crippen MR) is 85.8 cm³/mol. The summed E-state index contributed by atoms with van der Waals surface area (Å²) >= 11 is 3.43. The molecule has 1 saturated heterocycles. The van der Waals surface area contributed by atoms with Crippen LogP contribution >= 0.6 is 15.9 Å². The Kier molecular flexibility index (Phi) is 5.06. The van der Waals surface area contributed by atoms with Crippen molar-refractivity contribution in [3.63, 3.8) is 0 Å². The molecule has 1 aromatic rings. The minimum atomic E-state index is -3.19. The van der Waals surface area contributed by atoms with Crippen molar-refractivity contribution in [3.05, 3.63) is 33.8 Å². The molecule has 7 heteroatoms. The maximum Gasteiger partial charge on any atom is 0.254 e. The third kappa shape index (κ3) is 4.28. The summed E-state index contributed by atoms with van der Waals surface area (Å²) in [7, 11) is -3.19. The number of likely N-dealkylation sites (tertiary alicyclic amines) is 1. The van der Waals surface area contributed by atoms with E-state index in [4.69, 9.17) is 0 Å². The predicted octanol–water partition coefficient (Wildman–Crippen LogP) is 1.91. The molecule has 0 atom stereocenters. The van der Waals surface area contributed by atoms with Crippen LogP contribution in [-0.2, 0) is 10.0 Å². The van der Waals surface area contributed by atoms with Gasteiger partial charge in [0.2, 0.25) is 10.0 Å². The lowest BCUT2D eigenvalue weighted by Crippen LogP contribution is -2.46. The van der Waals surface area contributed by atoms with Crippen molar-refractivity contribution >= 4 is 31.9 Å². The number of nitrogens with one attached hydrogen (secondary N) is 1. The number of sulfonamides is 1. The van der Waals surface area contributed by atoms with Gasteiger partial charge in [-0.1, -0.05) is 22.0 Å².